The van der Waals surface area contributed by atoms with Crippen molar-refractivity contribution in [2.75, 3.05) is 16.2 Å². The van der Waals surface area contributed by atoms with Crippen molar-refractivity contribution in [1.82, 2.24) is 9.36 Å². The van der Waals surface area contributed by atoms with Crippen molar-refractivity contribution in [3.05, 3.63) is 68.5 Å². The lowest BCUT2D eigenvalue weighted by atomic mass is 10.2. The number of anilines is 2. The Hall–Kier alpha value is -2.85. The molecule has 8 nitrogen and oxygen atoms in total. The van der Waals surface area contributed by atoms with E-state index in [1.54, 1.807) is 60.8 Å². The minimum atomic E-state index is -4.11. The fourth-order valence-electron chi connectivity index (χ4n) is 3.92. The number of benzene rings is 2. The first-order valence-corrected chi connectivity index (χ1v) is 12.4. The lowest BCUT2D eigenvalue weighted by molar-refractivity contribution is -0.118. The topological polar surface area (TPSA) is 93.4 Å². The number of sulfonamides is 1. The highest BCUT2D eigenvalue weighted by atomic mass is 79.9. The van der Waals surface area contributed by atoms with Crippen LogP contribution in [0.2, 0.25) is 0 Å². The quantitative estimate of drug-likeness (QED) is 0.560. The van der Waals surface area contributed by atoms with E-state index in [0.717, 1.165) is 5.56 Å². The predicted octanol–water partition coefficient (Wildman–Crippen LogP) is 3.35. The van der Waals surface area contributed by atoms with E-state index in [1.165, 1.54) is 10.7 Å². The predicted molar refractivity (Wildman–Crippen MR) is 127 cm³/mol. The molecular formula is C22H23BrN4O4S. The van der Waals surface area contributed by atoms with Gasteiger partial charge in [0.05, 0.1) is 11.4 Å². The van der Waals surface area contributed by atoms with E-state index in [2.05, 4.69) is 20.7 Å². The molecule has 0 saturated heterocycles. The minimum Gasteiger partial charge on any atom is -0.312 e. The Morgan fingerprint density at radius 2 is 1.88 bits per heavy atom. The van der Waals surface area contributed by atoms with Crippen LogP contribution < -0.4 is 15.2 Å². The summed E-state index contributed by atoms with van der Waals surface area (Å²) in [7, 11) is -2.42. The normalized spacial score (nSPS) is 13.3. The van der Waals surface area contributed by atoms with E-state index >= 15 is 0 Å². The molecule has 0 unspecified atom stereocenters. The molecule has 1 aromatic heterocycles. The molecule has 0 bridgehead atoms. The maximum absolute atomic E-state index is 13.3. The van der Waals surface area contributed by atoms with Gasteiger partial charge < -0.3 is 4.90 Å². The Morgan fingerprint density at radius 3 is 2.53 bits per heavy atom. The number of hydrogen-bond acceptors (Lipinski definition) is 4. The van der Waals surface area contributed by atoms with Crippen LogP contribution >= 0.6 is 15.9 Å². The molecule has 1 aliphatic rings. The molecule has 0 saturated carbocycles. The molecule has 1 N–H and O–H groups in total. The van der Waals surface area contributed by atoms with Crippen molar-refractivity contribution in [2.45, 2.75) is 31.6 Å². The molecule has 168 valence electrons. The fraction of sp³-hybridized carbons (Fsp3) is 0.273. The molecule has 32 heavy (non-hydrogen) atoms. The van der Waals surface area contributed by atoms with Gasteiger partial charge in [0.25, 0.3) is 15.6 Å². The maximum atomic E-state index is 13.3. The molecular weight excluding hydrogens is 496 g/mol. The van der Waals surface area contributed by atoms with Gasteiger partial charge in [-0.15, -0.1) is 0 Å². The molecule has 2 aromatic carbocycles. The summed E-state index contributed by atoms with van der Waals surface area (Å²) in [5.41, 5.74) is 2.10. The molecule has 1 amide bonds. The molecule has 10 heteroatoms. The third kappa shape index (κ3) is 3.67. The zero-order chi connectivity index (χ0) is 23.2. The van der Waals surface area contributed by atoms with Gasteiger partial charge in [0.15, 0.2) is 0 Å². The SMILES string of the molecule is CCC(=O)N1CCc2cc(Br)c(S(=O)(=O)Nc3c(C)n(C)n(-c4ccccc4)c3=O)cc21. The number of nitrogens with zero attached hydrogens (tertiary/aromatic N) is 3. The monoisotopic (exact) mass is 518 g/mol. The number of fused-ring (bicyclic) bond motifs is 1. The second kappa shape index (κ2) is 8.25. The number of hydrogen-bond donors (Lipinski definition) is 1. The summed E-state index contributed by atoms with van der Waals surface area (Å²) >= 11 is 3.36. The van der Waals surface area contributed by atoms with Crippen LogP contribution in [0.25, 0.3) is 5.69 Å². The van der Waals surface area contributed by atoms with E-state index in [-0.39, 0.29) is 16.5 Å². The van der Waals surface area contributed by atoms with Crippen molar-refractivity contribution < 1.29 is 13.2 Å². The van der Waals surface area contributed by atoms with Gasteiger partial charge in [-0.05, 0) is 59.1 Å². The van der Waals surface area contributed by atoms with Gasteiger partial charge in [-0.3, -0.25) is 19.0 Å². The molecule has 0 aliphatic carbocycles. The summed E-state index contributed by atoms with van der Waals surface area (Å²) in [6.07, 6.45) is 0.991. The lowest BCUT2D eigenvalue weighted by Crippen LogP contribution is -2.28. The summed E-state index contributed by atoms with van der Waals surface area (Å²) in [5.74, 6) is -0.0629. The van der Waals surface area contributed by atoms with Crippen LogP contribution in [-0.2, 0) is 28.3 Å². The maximum Gasteiger partial charge on any atom is 0.296 e. The van der Waals surface area contributed by atoms with Gasteiger partial charge in [-0.2, -0.15) is 0 Å². The summed E-state index contributed by atoms with van der Waals surface area (Å²) in [6.45, 7) is 3.97. The van der Waals surface area contributed by atoms with Crippen LogP contribution in [0.1, 0.15) is 24.6 Å². The number of para-hydroxylation sites is 1. The lowest BCUT2D eigenvalue weighted by Gasteiger charge is -2.18. The van der Waals surface area contributed by atoms with E-state index in [4.69, 9.17) is 0 Å². The fourth-order valence-corrected chi connectivity index (χ4v) is 6.15. The highest BCUT2D eigenvalue weighted by Gasteiger charge is 2.29. The van der Waals surface area contributed by atoms with Gasteiger partial charge in [0.2, 0.25) is 5.91 Å². The highest BCUT2D eigenvalue weighted by Crippen LogP contribution is 2.36. The smallest absolute Gasteiger partial charge is 0.296 e. The van der Waals surface area contributed by atoms with Crippen molar-refractivity contribution in [2.24, 2.45) is 7.05 Å². The number of amides is 1. The summed E-state index contributed by atoms with van der Waals surface area (Å²) in [5, 5.41) is 0. The van der Waals surface area contributed by atoms with Crippen LogP contribution in [0.5, 0.6) is 0 Å². The van der Waals surface area contributed by atoms with Gasteiger partial charge in [0.1, 0.15) is 10.6 Å². The Labute approximate surface area is 194 Å². The van der Waals surface area contributed by atoms with Gasteiger partial charge in [-0.1, -0.05) is 25.1 Å². The molecule has 0 atom stereocenters. The number of rotatable bonds is 5. The number of aromatic nitrogens is 2. The summed E-state index contributed by atoms with van der Waals surface area (Å²) in [4.78, 5) is 27.0. The number of carbonyl (C=O) groups excluding carboxylic acids is 1. The molecule has 0 spiro atoms. The minimum absolute atomic E-state index is 0.0229. The average Bonchev–Trinajstić information content (AvgIpc) is 3.27. The molecule has 4 rings (SSSR count). The molecule has 2 heterocycles. The molecule has 0 radical (unpaired) electrons. The first-order chi connectivity index (χ1) is 15.2. The first-order valence-electron chi connectivity index (χ1n) is 10.1. The van der Waals surface area contributed by atoms with Crippen LogP contribution in [-0.4, -0.2) is 30.2 Å². The van der Waals surface area contributed by atoms with Crippen molar-refractivity contribution in [3.63, 3.8) is 0 Å². The summed E-state index contributed by atoms with van der Waals surface area (Å²) in [6, 6.07) is 12.2. The summed E-state index contributed by atoms with van der Waals surface area (Å²) < 4.78 is 32.5. The third-order valence-corrected chi connectivity index (χ3v) is 8.02. The molecule has 1 aliphatic heterocycles. The first kappa shape index (κ1) is 22.3. The second-order valence-electron chi connectivity index (χ2n) is 7.60. The van der Waals surface area contributed by atoms with Crippen molar-refractivity contribution in [1.29, 1.82) is 0 Å². The van der Waals surface area contributed by atoms with E-state index in [9.17, 15) is 18.0 Å². The van der Waals surface area contributed by atoms with Crippen molar-refractivity contribution >= 4 is 43.2 Å². The third-order valence-electron chi connectivity index (χ3n) is 5.71. The zero-order valence-electron chi connectivity index (χ0n) is 17.9. The number of carbonyl (C=O) groups is 1. The van der Waals surface area contributed by atoms with Crippen LogP contribution in [0, 0.1) is 6.92 Å². The van der Waals surface area contributed by atoms with Crippen LogP contribution in [0.4, 0.5) is 11.4 Å². The van der Waals surface area contributed by atoms with Crippen molar-refractivity contribution in [3.8, 4) is 5.69 Å². The number of nitrogens with one attached hydrogen (secondary N) is 1. The van der Waals surface area contributed by atoms with E-state index < -0.39 is 15.6 Å². The molecule has 3 aromatic rings. The Morgan fingerprint density at radius 1 is 1.19 bits per heavy atom. The Bertz CT molecular complexity index is 1380. The zero-order valence-corrected chi connectivity index (χ0v) is 20.3. The second-order valence-corrected chi connectivity index (χ2v) is 10.1. The van der Waals surface area contributed by atoms with Gasteiger partial charge >= 0.3 is 0 Å². The van der Waals surface area contributed by atoms with Gasteiger partial charge in [-0.25, -0.2) is 13.1 Å². The van der Waals surface area contributed by atoms with E-state index in [0.29, 0.717) is 40.9 Å². The largest absolute Gasteiger partial charge is 0.312 e. The Kier molecular flexibility index (Phi) is 5.76. The number of halogens is 1. The standard InChI is InChI=1S/C22H23BrN4O4S/c1-4-20(28)26-11-10-15-12-17(23)19(13-18(15)26)32(30,31)24-21-14(2)25(3)27(22(21)29)16-8-6-5-7-9-16/h5-9,12-13,24H,4,10-11H2,1-3H3. The van der Waals surface area contributed by atoms with E-state index in [1.807, 2.05) is 6.07 Å². The molecule has 0 fully saturated rings. The highest BCUT2D eigenvalue weighted by molar-refractivity contribution is 9.10. The Balaban J connectivity index is 1.77. The van der Waals surface area contributed by atoms with Crippen LogP contribution in [0.15, 0.2) is 56.6 Å². The van der Waals surface area contributed by atoms with Crippen LogP contribution in [0.3, 0.4) is 0 Å². The van der Waals surface area contributed by atoms with Gasteiger partial charge in [0, 0.05) is 30.2 Å². The average molecular weight is 519 g/mol.